The predicted molar refractivity (Wildman–Crippen MR) is 68.9 cm³/mol. The monoisotopic (exact) mass is 243 g/mol. The number of nitrogens with two attached hydrogens (primary N) is 1. The highest BCUT2D eigenvalue weighted by molar-refractivity contribution is 5.68. The van der Waals surface area contributed by atoms with Crippen LogP contribution in [0.3, 0.4) is 0 Å². The highest BCUT2D eigenvalue weighted by atomic mass is 19.1. The standard InChI is InChI=1S/C15H14FNO/c16-14-3-1-2-10(8-14)12-6-11-4-5-18-15(11)13(7-12)9-17/h1-3,6-8H,4-5,9,17H2. The molecule has 1 heterocycles. The molecule has 1 aliphatic heterocycles. The van der Waals surface area contributed by atoms with Crippen molar-refractivity contribution in [2.45, 2.75) is 13.0 Å². The molecule has 3 rings (SSSR count). The van der Waals surface area contributed by atoms with Crippen LogP contribution in [0.5, 0.6) is 5.75 Å². The summed E-state index contributed by atoms with van der Waals surface area (Å²) in [7, 11) is 0. The zero-order valence-electron chi connectivity index (χ0n) is 9.95. The number of hydrogen-bond donors (Lipinski definition) is 1. The molecule has 0 radical (unpaired) electrons. The van der Waals surface area contributed by atoms with E-state index in [1.54, 1.807) is 6.07 Å². The molecular formula is C15H14FNO. The average Bonchev–Trinajstić information content (AvgIpc) is 2.85. The van der Waals surface area contributed by atoms with Crippen LogP contribution >= 0.6 is 0 Å². The third-order valence-electron chi connectivity index (χ3n) is 3.24. The van der Waals surface area contributed by atoms with Gasteiger partial charge in [-0.3, -0.25) is 0 Å². The average molecular weight is 243 g/mol. The van der Waals surface area contributed by atoms with Gasteiger partial charge in [-0.15, -0.1) is 0 Å². The van der Waals surface area contributed by atoms with Crippen LogP contribution in [0.4, 0.5) is 4.39 Å². The molecule has 0 unspecified atom stereocenters. The zero-order chi connectivity index (χ0) is 12.5. The van der Waals surface area contributed by atoms with Gasteiger partial charge in [0.2, 0.25) is 0 Å². The number of benzene rings is 2. The maximum absolute atomic E-state index is 13.3. The SMILES string of the molecule is NCc1cc(-c2cccc(F)c2)cc2c1OCC2. The van der Waals surface area contributed by atoms with Crippen LogP contribution in [0, 0.1) is 5.82 Å². The van der Waals surface area contributed by atoms with Crippen molar-refractivity contribution in [2.75, 3.05) is 6.61 Å². The second kappa shape index (κ2) is 4.42. The zero-order valence-corrected chi connectivity index (χ0v) is 9.95. The van der Waals surface area contributed by atoms with Gasteiger partial charge >= 0.3 is 0 Å². The largest absolute Gasteiger partial charge is 0.493 e. The van der Waals surface area contributed by atoms with Crippen molar-refractivity contribution >= 4 is 0 Å². The van der Waals surface area contributed by atoms with E-state index < -0.39 is 0 Å². The predicted octanol–water partition coefficient (Wildman–Crippen LogP) is 2.89. The van der Waals surface area contributed by atoms with E-state index in [9.17, 15) is 4.39 Å². The van der Waals surface area contributed by atoms with Crippen molar-refractivity contribution in [1.29, 1.82) is 0 Å². The third-order valence-corrected chi connectivity index (χ3v) is 3.24. The molecule has 3 heteroatoms. The maximum Gasteiger partial charge on any atom is 0.127 e. The number of halogens is 1. The second-order valence-corrected chi connectivity index (χ2v) is 4.44. The summed E-state index contributed by atoms with van der Waals surface area (Å²) >= 11 is 0. The Kier molecular flexibility index (Phi) is 2.76. The highest BCUT2D eigenvalue weighted by Gasteiger charge is 2.17. The van der Waals surface area contributed by atoms with Crippen LogP contribution in [0.25, 0.3) is 11.1 Å². The second-order valence-electron chi connectivity index (χ2n) is 4.44. The first-order valence-electron chi connectivity index (χ1n) is 6.02. The molecule has 0 bridgehead atoms. The summed E-state index contributed by atoms with van der Waals surface area (Å²) in [5, 5.41) is 0. The van der Waals surface area contributed by atoms with E-state index in [0.717, 1.165) is 34.4 Å². The lowest BCUT2D eigenvalue weighted by Gasteiger charge is -2.10. The molecule has 1 aliphatic rings. The van der Waals surface area contributed by atoms with Crippen LogP contribution in [0.1, 0.15) is 11.1 Å². The van der Waals surface area contributed by atoms with Crippen LogP contribution in [-0.2, 0) is 13.0 Å². The first-order chi connectivity index (χ1) is 8.78. The topological polar surface area (TPSA) is 35.2 Å². The van der Waals surface area contributed by atoms with Crippen LogP contribution in [0.15, 0.2) is 36.4 Å². The molecule has 92 valence electrons. The molecule has 0 saturated carbocycles. The Morgan fingerprint density at radius 3 is 2.83 bits per heavy atom. The van der Waals surface area contributed by atoms with Gasteiger partial charge < -0.3 is 10.5 Å². The van der Waals surface area contributed by atoms with Gasteiger partial charge in [-0.25, -0.2) is 4.39 Å². The number of rotatable bonds is 2. The first-order valence-corrected chi connectivity index (χ1v) is 6.02. The lowest BCUT2D eigenvalue weighted by atomic mass is 9.98. The lowest BCUT2D eigenvalue weighted by molar-refractivity contribution is 0.353. The first kappa shape index (κ1) is 11.2. The summed E-state index contributed by atoms with van der Waals surface area (Å²) in [6.45, 7) is 1.14. The Bertz CT molecular complexity index is 595. The van der Waals surface area contributed by atoms with Gasteiger partial charge in [-0.05, 0) is 41.0 Å². The van der Waals surface area contributed by atoms with Crippen LogP contribution < -0.4 is 10.5 Å². The Hall–Kier alpha value is -1.87. The summed E-state index contributed by atoms with van der Waals surface area (Å²) in [4.78, 5) is 0. The molecule has 2 aromatic rings. The van der Waals surface area contributed by atoms with Crippen molar-refractivity contribution in [3.8, 4) is 16.9 Å². The summed E-state index contributed by atoms with van der Waals surface area (Å²) in [5.74, 6) is 0.691. The Morgan fingerprint density at radius 2 is 2.06 bits per heavy atom. The van der Waals surface area contributed by atoms with Crippen LogP contribution in [0.2, 0.25) is 0 Å². The Morgan fingerprint density at radius 1 is 1.17 bits per heavy atom. The minimum Gasteiger partial charge on any atom is -0.493 e. The molecule has 2 nitrogen and oxygen atoms in total. The molecule has 0 atom stereocenters. The molecule has 18 heavy (non-hydrogen) atoms. The number of ether oxygens (including phenoxy) is 1. The van der Waals surface area contributed by atoms with Gasteiger partial charge in [0.1, 0.15) is 11.6 Å². The van der Waals surface area contributed by atoms with Crippen LogP contribution in [-0.4, -0.2) is 6.61 Å². The minimum atomic E-state index is -0.224. The molecule has 0 amide bonds. The summed E-state index contributed by atoms with van der Waals surface area (Å²) in [6, 6.07) is 10.7. The summed E-state index contributed by atoms with van der Waals surface area (Å²) in [5.41, 5.74) is 9.77. The Balaban J connectivity index is 2.13. The normalized spacial score (nSPS) is 13.2. The number of hydrogen-bond acceptors (Lipinski definition) is 2. The fourth-order valence-corrected chi connectivity index (χ4v) is 2.37. The van der Waals surface area contributed by atoms with Gasteiger partial charge in [0.15, 0.2) is 0 Å². The van der Waals surface area contributed by atoms with Crippen molar-refractivity contribution in [2.24, 2.45) is 5.73 Å². The minimum absolute atomic E-state index is 0.224. The molecular weight excluding hydrogens is 229 g/mol. The van der Waals surface area contributed by atoms with Gasteiger partial charge in [-0.2, -0.15) is 0 Å². The van der Waals surface area contributed by atoms with E-state index in [0.29, 0.717) is 13.2 Å². The Labute approximate surface area is 105 Å². The van der Waals surface area contributed by atoms with E-state index in [1.807, 2.05) is 12.1 Å². The lowest BCUT2D eigenvalue weighted by Crippen LogP contribution is -2.00. The quantitative estimate of drug-likeness (QED) is 0.880. The fourth-order valence-electron chi connectivity index (χ4n) is 2.37. The smallest absolute Gasteiger partial charge is 0.127 e. The van der Waals surface area contributed by atoms with Gasteiger partial charge in [0.25, 0.3) is 0 Å². The molecule has 0 aliphatic carbocycles. The highest BCUT2D eigenvalue weighted by Crippen LogP contribution is 2.34. The molecule has 2 aromatic carbocycles. The van der Waals surface area contributed by atoms with E-state index in [2.05, 4.69) is 6.07 Å². The van der Waals surface area contributed by atoms with Crippen molar-refractivity contribution in [1.82, 2.24) is 0 Å². The van der Waals surface area contributed by atoms with Crippen molar-refractivity contribution in [3.05, 3.63) is 53.3 Å². The summed E-state index contributed by atoms with van der Waals surface area (Å²) < 4.78 is 18.8. The molecule has 0 aromatic heterocycles. The van der Waals surface area contributed by atoms with Gasteiger partial charge in [0.05, 0.1) is 6.61 Å². The van der Waals surface area contributed by atoms with E-state index in [4.69, 9.17) is 10.5 Å². The molecule has 2 N–H and O–H groups in total. The van der Waals surface area contributed by atoms with Gasteiger partial charge in [0, 0.05) is 18.5 Å². The third kappa shape index (κ3) is 1.87. The maximum atomic E-state index is 13.3. The van der Waals surface area contributed by atoms with Gasteiger partial charge in [-0.1, -0.05) is 12.1 Å². The van der Waals surface area contributed by atoms with E-state index >= 15 is 0 Å². The fraction of sp³-hybridized carbons (Fsp3) is 0.200. The molecule has 0 saturated heterocycles. The van der Waals surface area contributed by atoms with Crippen molar-refractivity contribution < 1.29 is 9.13 Å². The molecule has 0 fully saturated rings. The molecule has 0 spiro atoms. The number of fused-ring (bicyclic) bond motifs is 1. The van der Waals surface area contributed by atoms with E-state index in [1.165, 1.54) is 12.1 Å². The summed E-state index contributed by atoms with van der Waals surface area (Å²) in [6.07, 6.45) is 0.894. The van der Waals surface area contributed by atoms with E-state index in [-0.39, 0.29) is 5.82 Å². The van der Waals surface area contributed by atoms with Crippen molar-refractivity contribution in [3.63, 3.8) is 0 Å².